The highest BCUT2D eigenvalue weighted by Crippen LogP contribution is 2.10. The highest BCUT2D eigenvalue weighted by atomic mass is 16.3. The van der Waals surface area contributed by atoms with E-state index >= 15 is 0 Å². The van der Waals surface area contributed by atoms with Gasteiger partial charge in [-0.1, -0.05) is 37.3 Å². The number of carbonyl (C=O) groups is 1. The molecule has 16 heavy (non-hydrogen) atoms. The second kappa shape index (κ2) is 6.25. The number of aliphatic hydroxyl groups excluding tert-OH is 1. The van der Waals surface area contributed by atoms with Crippen LogP contribution in [0.25, 0.3) is 0 Å². The summed E-state index contributed by atoms with van der Waals surface area (Å²) in [6.45, 7) is 2.04. The van der Waals surface area contributed by atoms with Crippen molar-refractivity contribution in [3.05, 3.63) is 35.9 Å². The van der Waals surface area contributed by atoms with E-state index in [0.717, 1.165) is 5.56 Å². The highest BCUT2D eigenvalue weighted by Gasteiger charge is 2.13. The molecule has 1 unspecified atom stereocenters. The van der Waals surface area contributed by atoms with Gasteiger partial charge in [0, 0.05) is 6.54 Å². The minimum absolute atomic E-state index is 0.191. The van der Waals surface area contributed by atoms with Gasteiger partial charge in [-0.2, -0.15) is 0 Å². The molecule has 0 saturated carbocycles. The Morgan fingerprint density at radius 2 is 2.06 bits per heavy atom. The molecule has 0 aliphatic rings. The first-order chi connectivity index (χ1) is 7.65. The van der Waals surface area contributed by atoms with Crippen LogP contribution < -0.4 is 11.1 Å². The van der Waals surface area contributed by atoms with E-state index in [1.54, 1.807) is 0 Å². The second-order valence-electron chi connectivity index (χ2n) is 3.69. The van der Waals surface area contributed by atoms with Crippen LogP contribution in [-0.2, 0) is 4.79 Å². The topological polar surface area (TPSA) is 75.4 Å². The quantitative estimate of drug-likeness (QED) is 0.682. The van der Waals surface area contributed by atoms with Gasteiger partial charge in [0.2, 0.25) is 5.91 Å². The van der Waals surface area contributed by atoms with E-state index in [9.17, 15) is 9.90 Å². The molecule has 4 nitrogen and oxygen atoms in total. The number of hydrogen-bond donors (Lipinski definition) is 3. The molecule has 0 fully saturated rings. The highest BCUT2D eigenvalue weighted by molar-refractivity contribution is 5.81. The summed E-state index contributed by atoms with van der Waals surface area (Å²) in [4.78, 5) is 11.4. The Balaban J connectivity index is 2.42. The molecule has 4 N–H and O–H groups in total. The minimum Gasteiger partial charge on any atom is -0.387 e. The number of aliphatic hydroxyl groups is 1. The fraction of sp³-hybridized carbons (Fsp3) is 0.417. The van der Waals surface area contributed by atoms with Crippen LogP contribution in [0.15, 0.2) is 30.3 Å². The van der Waals surface area contributed by atoms with Crippen LogP contribution in [0.3, 0.4) is 0 Å². The number of nitrogens with one attached hydrogen (secondary N) is 1. The summed E-state index contributed by atoms with van der Waals surface area (Å²) >= 11 is 0. The monoisotopic (exact) mass is 222 g/mol. The van der Waals surface area contributed by atoms with E-state index in [1.807, 2.05) is 37.3 Å². The van der Waals surface area contributed by atoms with Gasteiger partial charge in [-0.25, -0.2) is 0 Å². The predicted molar refractivity (Wildman–Crippen MR) is 62.7 cm³/mol. The van der Waals surface area contributed by atoms with Gasteiger partial charge >= 0.3 is 0 Å². The van der Waals surface area contributed by atoms with Crippen molar-refractivity contribution in [2.24, 2.45) is 5.73 Å². The van der Waals surface area contributed by atoms with E-state index < -0.39 is 12.1 Å². The zero-order valence-corrected chi connectivity index (χ0v) is 9.39. The standard InChI is InChI=1S/C12H18N2O2/c1-2-10(13)12(16)14-8-11(15)9-6-4-3-5-7-9/h3-7,10-11,15H,2,8,13H2,1H3,(H,14,16)/t10-,11?/m1/s1. The molecule has 0 aromatic heterocycles. The summed E-state index contributed by atoms with van der Waals surface area (Å²) in [6, 6.07) is 8.70. The van der Waals surface area contributed by atoms with E-state index in [2.05, 4.69) is 5.32 Å². The molecule has 1 rings (SSSR count). The van der Waals surface area contributed by atoms with Gasteiger partial charge in [0.15, 0.2) is 0 Å². The number of rotatable bonds is 5. The van der Waals surface area contributed by atoms with Crippen LogP contribution in [0, 0.1) is 0 Å². The number of hydrogen-bond acceptors (Lipinski definition) is 3. The van der Waals surface area contributed by atoms with E-state index in [-0.39, 0.29) is 12.5 Å². The van der Waals surface area contributed by atoms with Gasteiger partial charge in [0.1, 0.15) is 0 Å². The van der Waals surface area contributed by atoms with Crippen molar-refractivity contribution in [3.63, 3.8) is 0 Å². The first-order valence-electron chi connectivity index (χ1n) is 5.41. The second-order valence-corrected chi connectivity index (χ2v) is 3.69. The van der Waals surface area contributed by atoms with Crippen molar-refractivity contribution in [3.8, 4) is 0 Å². The number of nitrogens with two attached hydrogens (primary N) is 1. The van der Waals surface area contributed by atoms with Crippen LogP contribution in [0.2, 0.25) is 0 Å². The lowest BCUT2D eigenvalue weighted by atomic mass is 10.1. The first-order valence-corrected chi connectivity index (χ1v) is 5.41. The maximum atomic E-state index is 11.4. The minimum atomic E-state index is -0.686. The van der Waals surface area contributed by atoms with Gasteiger partial charge in [-0.3, -0.25) is 4.79 Å². The Bertz CT molecular complexity index is 327. The summed E-state index contributed by atoms with van der Waals surface area (Å²) in [6.07, 6.45) is -0.0954. The Labute approximate surface area is 95.5 Å². The van der Waals surface area contributed by atoms with Crippen LogP contribution in [0.4, 0.5) is 0 Å². The largest absolute Gasteiger partial charge is 0.387 e. The molecule has 0 radical (unpaired) electrons. The average Bonchev–Trinajstić information content (AvgIpc) is 2.35. The average molecular weight is 222 g/mol. The van der Waals surface area contributed by atoms with Crippen LogP contribution in [-0.4, -0.2) is 23.6 Å². The molecule has 0 spiro atoms. The first kappa shape index (κ1) is 12.7. The smallest absolute Gasteiger partial charge is 0.237 e. The fourth-order valence-corrected chi connectivity index (χ4v) is 1.31. The van der Waals surface area contributed by atoms with Crippen molar-refractivity contribution in [2.75, 3.05) is 6.54 Å². The van der Waals surface area contributed by atoms with Crippen molar-refractivity contribution < 1.29 is 9.90 Å². The molecular weight excluding hydrogens is 204 g/mol. The molecule has 0 aliphatic carbocycles. The molecule has 4 heteroatoms. The Morgan fingerprint density at radius 1 is 1.44 bits per heavy atom. The van der Waals surface area contributed by atoms with Crippen molar-refractivity contribution in [1.29, 1.82) is 0 Å². The molecule has 2 atom stereocenters. The molecule has 1 aromatic rings. The third kappa shape index (κ3) is 3.64. The Morgan fingerprint density at radius 3 is 2.62 bits per heavy atom. The summed E-state index contributed by atoms with van der Waals surface area (Å²) in [5.41, 5.74) is 6.33. The zero-order valence-electron chi connectivity index (χ0n) is 9.39. The number of benzene rings is 1. The van der Waals surface area contributed by atoms with Gasteiger partial charge in [-0.15, -0.1) is 0 Å². The van der Waals surface area contributed by atoms with Crippen LogP contribution in [0.1, 0.15) is 25.0 Å². The van der Waals surface area contributed by atoms with E-state index in [0.29, 0.717) is 6.42 Å². The lowest BCUT2D eigenvalue weighted by Crippen LogP contribution is -2.41. The predicted octanol–water partition coefficient (Wildman–Crippen LogP) is 0.573. The fourth-order valence-electron chi connectivity index (χ4n) is 1.31. The molecular formula is C12H18N2O2. The molecule has 0 aliphatic heterocycles. The summed E-state index contributed by atoms with van der Waals surface area (Å²) in [7, 11) is 0. The molecule has 1 aromatic carbocycles. The Hall–Kier alpha value is -1.39. The van der Waals surface area contributed by atoms with E-state index in [4.69, 9.17) is 5.73 Å². The van der Waals surface area contributed by atoms with Gasteiger partial charge in [-0.05, 0) is 12.0 Å². The SMILES string of the molecule is CC[C@@H](N)C(=O)NCC(O)c1ccccc1. The lowest BCUT2D eigenvalue weighted by Gasteiger charge is -2.14. The van der Waals surface area contributed by atoms with Crippen molar-refractivity contribution >= 4 is 5.91 Å². The maximum absolute atomic E-state index is 11.4. The van der Waals surface area contributed by atoms with Gasteiger partial charge in [0.25, 0.3) is 0 Å². The number of carbonyl (C=O) groups excluding carboxylic acids is 1. The van der Waals surface area contributed by atoms with E-state index in [1.165, 1.54) is 0 Å². The summed E-state index contributed by atoms with van der Waals surface area (Å²) in [5.74, 6) is -0.225. The van der Waals surface area contributed by atoms with Crippen LogP contribution >= 0.6 is 0 Å². The maximum Gasteiger partial charge on any atom is 0.237 e. The van der Waals surface area contributed by atoms with Crippen molar-refractivity contribution in [1.82, 2.24) is 5.32 Å². The summed E-state index contributed by atoms with van der Waals surface area (Å²) in [5, 5.41) is 12.4. The lowest BCUT2D eigenvalue weighted by molar-refractivity contribution is -0.122. The van der Waals surface area contributed by atoms with Crippen molar-refractivity contribution in [2.45, 2.75) is 25.5 Å². The molecule has 0 bridgehead atoms. The third-order valence-corrected chi connectivity index (χ3v) is 2.43. The molecule has 1 amide bonds. The normalized spacial score (nSPS) is 14.2. The zero-order chi connectivity index (χ0) is 12.0. The van der Waals surface area contributed by atoms with Gasteiger partial charge < -0.3 is 16.2 Å². The molecule has 0 saturated heterocycles. The summed E-state index contributed by atoms with van der Waals surface area (Å²) < 4.78 is 0. The van der Waals surface area contributed by atoms with Crippen LogP contribution in [0.5, 0.6) is 0 Å². The molecule has 88 valence electrons. The third-order valence-electron chi connectivity index (χ3n) is 2.43. The molecule has 0 heterocycles. The van der Waals surface area contributed by atoms with Gasteiger partial charge in [0.05, 0.1) is 12.1 Å². The Kier molecular flexibility index (Phi) is 4.95. The number of amides is 1.